The first-order valence-electron chi connectivity index (χ1n) is 13.4. The molecule has 6 rings (SSSR count). The lowest BCUT2D eigenvalue weighted by Crippen LogP contribution is -2.35. The number of rotatable bonds is 5. The highest BCUT2D eigenvalue weighted by molar-refractivity contribution is 6.02. The van der Waals surface area contributed by atoms with Crippen LogP contribution in [0, 0.1) is 0 Å². The minimum absolute atomic E-state index is 0.185. The molecular formula is C30H34N4O4. The van der Waals surface area contributed by atoms with Crippen molar-refractivity contribution in [1.29, 1.82) is 0 Å². The molecular weight excluding hydrogens is 480 g/mol. The second-order valence-corrected chi connectivity index (χ2v) is 11.1. The largest absolute Gasteiger partial charge is 0.433 e. The third-order valence-corrected chi connectivity index (χ3v) is 7.91. The number of likely N-dealkylation sites (tertiary alicyclic amines) is 1. The minimum Gasteiger partial charge on any atom is -0.433 e. The molecule has 4 heterocycles. The average molecular weight is 515 g/mol. The summed E-state index contributed by atoms with van der Waals surface area (Å²) >= 11 is 0. The number of nitrogens with zero attached hydrogens (tertiary/aromatic N) is 4. The number of hydrogen-bond donors (Lipinski definition) is 0. The lowest BCUT2D eigenvalue weighted by Gasteiger charge is -2.32. The molecule has 38 heavy (non-hydrogen) atoms. The predicted molar refractivity (Wildman–Crippen MR) is 142 cm³/mol. The van der Waals surface area contributed by atoms with Crippen molar-refractivity contribution in [3.8, 4) is 11.3 Å². The Morgan fingerprint density at radius 1 is 1.03 bits per heavy atom. The number of benzene rings is 2. The fourth-order valence-corrected chi connectivity index (χ4v) is 5.63. The summed E-state index contributed by atoms with van der Waals surface area (Å²) in [6, 6.07) is 16.4. The highest BCUT2D eigenvalue weighted by Crippen LogP contribution is 2.36. The van der Waals surface area contributed by atoms with Crippen molar-refractivity contribution in [2.45, 2.75) is 64.0 Å². The fourth-order valence-electron chi connectivity index (χ4n) is 5.63. The van der Waals surface area contributed by atoms with Gasteiger partial charge in [0, 0.05) is 31.4 Å². The van der Waals surface area contributed by atoms with Crippen LogP contribution in [-0.2, 0) is 33.8 Å². The summed E-state index contributed by atoms with van der Waals surface area (Å²) in [5, 5.41) is 0. The van der Waals surface area contributed by atoms with Gasteiger partial charge in [-0.1, -0.05) is 48.5 Å². The fraction of sp³-hybridized carbons (Fsp3) is 0.433. The Labute approximate surface area is 223 Å². The van der Waals surface area contributed by atoms with E-state index < -0.39 is 11.7 Å². The van der Waals surface area contributed by atoms with Gasteiger partial charge in [0.15, 0.2) is 5.60 Å². The highest BCUT2D eigenvalue weighted by Gasteiger charge is 2.46. The number of fused-ring (bicyclic) bond motifs is 2. The molecule has 0 bridgehead atoms. The van der Waals surface area contributed by atoms with Gasteiger partial charge < -0.3 is 18.9 Å². The van der Waals surface area contributed by atoms with Crippen molar-refractivity contribution in [1.82, 2.24) is 19.4 Å². The summed E-state index contributed by atoms with van der Waals surface area (Å²) < 4.78 is 14.2. The van der Waals surface area contributed by atoms with E-state index in [2.05, 4.69) is 47.0 Å². The third-order valence-electron chi connectivity index (χ3n) is 7.91. The van der Waals surface area contributed by atoms with Crippen LogP contribution in [0.4, 0.5) is 4.79 Å². The molecule has 0 saturated carbocycles. The van der Waals surface area contributed by atoms with E-state index in [-0.39, 0.29) is 24.7 Å². The number of carbonyl (C=O) groups excluding carboxylic acids is 2. The van der Waals surface area contributed by atoms with E-state index >= 15 is 0 Å². The number of ether oxygens (including phenoxy) is 2. The minimum atomic E-state index is -1.12. The summed E-state index contributed by atoms with van der Waals surface area (Å²) in [5.74, 6) is 0.626. The van der Waals surface area contributed by atoms with Crippen molar-refractivity contribution >= 4 is 12.0 Å². The number of carbonyl (C=O) groups is 2. The number of imide groups is 1. The van der Waals surface area contributed by atoms with Crippen LogP contribution in [0.2, 0.25) is 0 Å². The lowest BCUT2D eigenvalue weighted by atomic mass is 10.00. The van der Waals surface area contributed by atoms with Gasteiger partial charge in [0.2, 0.25) is 0 Å². The first-order chi connectivity index (χ1) is 18.3. The van der Waals surface area contributed by atoms with Crippen molar-refractivity contribution in [3.63, 3.8) is 0 Å². The van der Waals surface area contributed by atoms with Crippen LogP contribution in [0.3, 0.4) is 0 Å². The van der Waals surface area contributed by atoms with Gasteiger partial charge in [0.25, 0.3) is 5.91 Å². The first-order valence-corrected chi connectivity index (χ1v) is 13.4. The summed E-state index contributed by atoms with van der Waals surface area (Å²) in [6.45, 7) is 6.35. The van der Waals surface area contributed by atoms with Crippen LogP contribution >= 0.6 is 0 Å². The van der Waals surface area contributed by atoms with E-state index in [1.54, 1.807) is 13.8 Å². The maximum absolute atomic E-state index is 12.5. The Hall–Kier alpha value is -3.49. The molecule has 0 N–H and O–H groups in total. The van der Waals surface area contributed by atoms with Crippen LogP contribution in [-0.4, -0.2) is 63.2 Å². The molecule has 3 aliphatic heterocycles. The molecule has 198 valence electrons. The Morgan fingerprint density at radius 3 is 2.47 bits per heavy atom. The van der Waals surface area contributed by atoms with Gasteiger partial charge in [-0.15, -0.1) is 0 Å². The number of imidazole rings is 1. The average Bonchev–Trinajstić information content (AvgIpc) is 3.36. The molecule has 0 aliphatic carbocycles. The van der Waals surface area contributed by atoms with E-state index in [9.17, 15) is 9.59 Å². The molecule has 1 unspecified atom stereocenters. The molecule has 1 atom stereocenters. The van der Waals surface area contributed by atoms with Gasteiger partial charge in [-0.25, -0.2) is 14.7 Å². The maximum Gasteiger partial charge on any atom is 0.418 e. The maximum atomic E-state index is 12.5. The van der Waals surface area contributed by atoms with Crippen molar-refractivity contribution in [3.05, 3.63) is 77.2 Å². The number of amides is 2. The number of piperidine rings is 1. The lowest BCUT2D eigenvalue weighted by molar-refractivity contribution is -0.134. The van der Waals surface area contributed by atoms with Gasteiger partial charge in [-0.2, -0.15) is 0 Å². The Morgan fingerprint density at radius 2 is 1.76 bits per heavy atom. The highest BCUT2D eigenvalue weighted by atomic mass is 16.6. The molecule has 2 fully saturated rings. The molecule has 8 nitrogen and oxygen atoms in total. The molecule has 1 aromatic heterocycles. The molecule has 3 aromatic rings. The van der Waals surface area contributed by atoms with Crippen molar-refractivity contribution < 1.29 is 19.1 Å². The summed E-state index contributed by atoms with van der Waals surface area (Å²) in [5.41, 5.74) is 4.14. The van der Waals surface area contributed by atoms with Gasteiger partial charge in [-0.3, -0.25) is 4.79 Å². The number of aromatic nitrogens is 2. The number of cyclic esters (lactones) is 1. The SMILES string of the molecule is CN1CCC(OC2c3ccccc3CCn3cc(-c4ccc(CN5C(=O)OC(C)(C)C5=O)cc4)nc32)CC1. The monoisotopic (exact) mass is 514 g/mol. The van der Waals surface area contributed by atoms with Crippen molar-refractivity contribution in [2.75, 3.05) is 20.1 Å². The zero-order chi connectivity index (χ0) is 26.4. The molecule has 3 aliphatic rings. The summed E-state index contributed by atoms with van der Waals surface area (Å²) in [7, 11) is 2.16. The quantitative estimate of drug-likeness (QED) is 0.497. The third kappa shape index (κ3) is 4.63. The van der Waals surface area contributed by atoms with Gasteiger partial charge in [0.1, 0.15) is 11.9 Å². The molecule has 2 aromatic carbocycles. The van der Waals surface area contributed by atoms with E-state index in [4.69, 9.17) is 14.5 Å². The summed E-state index contributed by atoms with van der Waals surface area (Å²) in [6.07, 6.45) is 4.50. The van der Waals surface area contributed by atoms with E-state index in [1.807, 2.05) is 24.3 Å². The van der Waals surface area contributed by atoms with E-state index in [0.29, 0.717) is 0 Å². The molecule has 0 spiro atoms. The zero-order valence-electron chi connectivity index (χ0n) is 22.2. The van der Waals surface area contributed by atoms with Gasteiger partial charge in [0.05, 0.1) is 18.3 Å². The van der Waals surface area contributed by atoms with Gasteiger partial charge >= 0.3 is 6.09 Å². The topological polar surface area (TPSA) is 76.9 Å². The number of aryl methyl sites for hydroxylation is 2. The van der Waals surface area contributed by atoms with Crippen molar-refractivity contribution in [2.24, 2.45) is 0 Å². The van der Waals surface area contributed by atoms with Crippen LogP contribution in [0.25, 0.3) is 11.3 Å². The number of hydrogen-bond acceptors (Lipinski definition) is 6. The molecule has 0 radical (unpaired) electrons. The first kappa shape index (κ1) is 24.8. The predicted octanol–water partition coefficient (Wildman–Crippen LogP) is 4.56. The Bertz CT molecular complexity index is 1350. The molecule has 8 heteroatoms. The van der Waals surface area contributed by atoms with Crippen LogP contribution in [0.1, 0.15) is 55.3 Å². The van der Waals surface area contributed by atoms with Crippen LogP contribution in [0.15, 0.2) is 54.7 Å². The molecule has 2 saturated heterocycles. The Balaban J connectivity index is 1.26. The van der Waals surface area contributed by atoms with E-state index in [0.717, 1.165) is 66.4 Å². The zero-order valence-corrected chi connectivity index (χ0v) is 22.2. The normalized spacial score (nSPS) is 21.7. The second-order valence-electron chi connectivity index (χ2n) is 11.1. The van der Waals surface area contributed by atoms with Crippen LogP contribution < -0.4 is 0 Å². The summed E-state index contributed by atoms with van der Waals surface area (Å²) in [4.78, 5) is 33.3. The van der Waals surface area contributed by atoms with E-state index in [1.165, 1.54) is 11.1 Å². The Kier molecular flexibility index (Phi) is 6.32. The van der Waals surface area contributed by atoms with Gasteiger partial charge in [-0.05, 0) is 56.8 Å². The second kappa shape index (κ2) is 9.67. The molecule has 2 amide bonds. The smallest absolute Gasteiger partial charge is 0.418 e. The van der Waals surface area contributed by atoms with Crippen LogP contribution in [0.5, 0.6) is 0 Å². The standard InChI is InChI=1S/C30H34N4O4/c1-30(2)28(35)34(29(36)38-30)18-20-8-10-22(11-9-20)25-19-33-17-12-21-6-4-5-7-24(21)26(27(33)31-25)37-23-13-15-32(3)16-14-23/h4-11,19,23,26H,12-18H2,1-3H3.